The van der Waals surface area contributed by atoms with Gasteiger partial charge >= 0.3 is 0 Å². The minimum atomic E-state index is -0.196. The molecule has 0 unspecified atom stereocenters. The Morgan fingerprint density at radius 3 is 2.53 bits per heavy atom. The summed E-state index contributed by atoms with van der Waals surface area (Å²) >= 11 is 0. The summed E-state index contributed by atoms with van der Waals surface area (Å²) < 4.78 is 0. The molecule has 0 aliphatic rings. The number of benzene rings is 1. The molecule has 0 heterocycles. The maximum absolute atomic E-state index is 11.3. The van der Waals surface area contributed by atoms with Crippen molar-refractivity contribution in [1.82, 2.24) is 0 Å². The summed E-state index contributed by atoms with van der Waals surface area (Å²) in [6, 6.07) is 6.31. The number of aromatic hydroxyl groups is 1. The fourth-order valence-electron chi connectivity index (χ4n) is 0.983. The fourth-order valence-corrected chi connectivity index (χ4v) is 0.983. The number of carbonyl (C=O) groups is 1. The summed E-state index contributed by atoms with van der Waals surface area (Å²) in [5.41, 5.74) is 0.655. The molecule has 0 radical (unpaired) electrons. The van der Waals surface area contributed by atoms with Crippen LogP contribution in [0, 0.1) is 0 Å². The predicted molar refractivity (Wildman–Crippen MR) is 60.7 cm³/mol. The van der Waals surface area contributed by atoms with Crippen LogP contribution in [0.3, 0.4) is 0 Å². The molecular formula is C12H13NO2. The molecule has 0 aromatic heterocycles. The van der Waals surface area contributed by atoms with Gasteiger partial charge in [-0.2, -0.15) is 0 Å². The molecule has 0 aliphatic carbocycles. The zero-order chi connectivity index (χ0) is 11.1. The first-order chi connectivity index (χ1) is 7.22. The van der Waals surface area contributed by atoms with Crippen LogP contribution < -0.4 is 5.32 Å². The zero-order valence-electron chi connectivity index (χ0n) is 8.47. The van der Waals surface area contributed by atoms with Gasteiger partial charge in [0.15, 0.2) is 0 Å². The number of nitrogens with one attached hydrogen (secondary N) is 1. The van der Waals surface area contributed by atoms with Crippen LogP contribution >= 0.6 is 0 Å². The average molecular weight is 203 g/mol. The van der Waals surface area contributed by atoms with Crippen molar-refractivity contribution in [3.8, 4) is 5.75 Å². The standard InChI is InChI=1S/C12H13NO2/c1-2-3-4-5-12(15)13-10-6-8-11(14)9-7-10/h2-9,14H,1H3,(H,13,15)/b3-2+,5-4+. The van der Waals surface area contributed by atoms with E-state index >= 15 is 0 Å². The van der Waals surface area contributed by atoms with Crippen molar-refractivity contribution in [2.24, 2.45) is 0 Å². The van der Waals surface area contributed by atoms with Crippen molar-refractivity contribution in [1.29, 1.82) is 0 Å². The lowest BCUT2D eigenvalue weighted by Gasteiger charge is -2.00. The normalized spacial score (nSPS) is 11.0. The van der Waals surface area contributed by atoms with Gasteiger partial charge in [0.25, 0.3) is 0 Å². The summed E-state index contributed by atoms with van der Waals surface area (Å²) in [4.78, 5) is 11.3. The Bertz CT molecular complexity index is 377. The van der Waals surface area contributed by atoms with Crippen LogP contribution in [0.2, 0.25) is 0 Å². The molecule has 3 heteroatoms. The highest BCUT2D eigenvalue weighted by Crippen LogP contribution is 2.13. The lowest BCUT2D eigenvalue weighted by molar-refractivity contribution is -0.111. The number of carbonyl (C=O) groups excluding carboxylic acids is 1. The van der Waals surface area contributed by atoms with E-state index in [0.29, 0.717) is 5.69 Å². The molecule has 0 saturated carbocycles. The SMILES string of the molecule is C/C=C/C=C/C(=O)Nc1ccc(O)cc1. The Labute approximate surface area is 88.7 Å². The van der Waals surface area contributed by atoms with Gasteiger partial charge in [0, 0.05) is 11.8 Å². The largest absolute Gasteiger partial charge is 0.508 e. The van der Waals surface area contributed by atoms with Crippen molar-refractivity contribution < 1.29 is 9.90 Å². The number of amides is 1. The highest BCUT2D eigenvalue weighted by Gasteiger charge is 1.96. The van der Waals surface area contributed by atoms with Crippen LogP contribution in [-0.4, -0.2) is 11.0 Å². The number of anilines is 1. The first-order valence-corrected chi connectivity index (χ1v) is 4.62. The Morgan fingerprint density at radius 1 is 1.27 bits per heavy atom. The molecule has 2 N–H and O–H groups in total. The Balaban J connectivity index is 2.55. The maximum atomic E-state index is 11.3. The van der Waals surface area contributed by atoms with Crippen molar-refractivity contribution in [2.45, 2.75) is 6.92 Å². The lowest BCUT2D eigenvalue weighted by atomic mass is 10.3. The molecule has 78 valence electrons. The number of phenols is 1. The van der Waals surface area contributed by atoms with E-state index < -0.39 is 0 Å². The van der Waals surface area contributed by atoms with Crippen LogP contribution in [0.1, 0.15) is 6.92 Å². The van der Waals surface area contributed by atoms with Gasteiger partial charge in [-0.25, -0.2) is 0 Å². The van der Waals surface area contributed by atoms with E-state index in [0.717, 1.165) is 0 Å². The predicted octanol–water partition coefficient (Wildman–Crippen LogP) is 2.46. The van der Waals surface area contributed by atoms with Gasteiger partial charge in [-0.3, -0.25) is 4.79 Å². The molecule has 0 atom stereocenters. The van der Waals surface area contributed by atoms with Crippen LogP contribution in [0.4, 0.5) is 5.69 Å². The first kappa shape index (κ1) is 11.0. The van der Waals surface area contributed by atoms with Crippen molar-refractivity contribution >= 4 is 11.6 Å². The molecule has 0 aliphatic heterocycles. The Morgan fingerprint density at radius 2 is 1.93 bits per heavy atom. The molecule has 15 heavy (non-hydrogen) atoms. The summed E-state index contributed by atoms with van der Waals surface area (Å²) in [5, 5.41) is 11.7. The van der Waals surface area contributed by atoms with Crippen LogP contribution in [0.5, 0.6) is 5.75 Å². The first-order valence-electron chi connectivity index (χ1n) is 4.62. The quantitative estimate of drug-likeness (QED) is 0.450. The monoisotopic (exact) mass is 203 g/mol. The number of rotatable bonds is 3. The average Bonchev–Trinajstić information content (AvgIpc) is 2.22. The zero-order valence-corrected chi connectivity index (χ0v) is 8.47. The molecular weight excluding hydrogens is 190 g/mol. The molecule has 0 saturated heterocycles. The van der Waals surface area contributed by atoms with Gasteiger partial charge in [-0.1, -0.05) is 18.2 Å². The van der Waals surface area contributed by atoms with E-state index in [-0.39, 0.29) is 11.7 Å². The molecule has 0 spiro atoms. The van der Waals surface area contributed by atoms with E-state index in [1.807, 2.05) is 13.0 Å². The third-order valence-electron chi connectivity index (χ3n) is 1.69. The third-order valence-corrected chi connectivity index (χ3v) is 1.69. The van der Waals surface area contributed by atoms with E-state index in [9.17, 15) is 4.79 Å². The number of hydrogen-bond donors (Lipinski definition) is 2. The smallest absolute Gasteiger partial charge is 0.248 e. The highest BCUT2D eigenvalue weighted by atomic mass is 16.3. The second kappa shape index (κ2) is 5.65. The maximum Gasteiger partial charge on any atom is 0.248 e. The van der Waals surface area contributed by atoms with Gasteiger partial charge < -0.3 is 10.4 Å². The van der Waals surface area contributed by atoms with Gasteiger partial charge in [0.05, 0.1) is 0 Å². The fraction of sp³-hybridized carbons (Fsp3) is 0.0833. The second-order valence-electron chi connectivity index (χ2n) is 2.92. The van der Waals surface area contributed by atoms with Gasteiger partial charge in [0.1, 0.15) is 5.75 Å². The minimum absolute atomic E-state index is 0.178. The summed E-state index contributed by atoms with van der Waals surface area (Å²) in [5.74, 6) is -0.0174. The van der Waals surface area contributed by atoms with E-state index in [1.165, 1.54) is 18.2 Å². The topological polar surface area (TPSA) is 49.3 Å². The third kappa shape index (κ3) is 4.13. The molecule has 1 aromatic rings. The molecule has 0 bridgehead atoms. The molecule has 1 rings (SSSR count). The minimum Gasteiger partial charge on any atom is -0.508 e. The molecule has 1 amide bonds. The van der Waals surface area contributed by atoms with Gasteiger partial charge in [0.2, 0.25) is 5.91 Å². The molecule has 3 nitrogen and oxygen atoms in total. The lowest BCUT2D eigenvalue weighted by Crippen LogP contribution is -2.07. The summed E-state index contributed by atoms with van der Waals surface area (Å²) in [6.07, 6.45) is 6.71. The van der Waals surface area contributed by atoms with E-state index in [1.54, 1.807) is 24.3 Å². The summed E-state index contributed by atoms with van der Waals surface area (Å²) in [7, 11) is 0. The number of phenolic OH excluding ortho intramolecular Hbond substituents is 1. The van der Waals surface area contributed by atoms with E-state index in [4.69, 9.17) is 5.11 Å². The highest BCUT2D eigenvalue weighted by molar-refractivity contribution is 5.99. The summed E-state index contributed by atoms with van der Waals surface area (Å²) in [6.45, 7) is 1.88. The number of allylic oxidation sites excluding steroid dienone is 3. The Hall–Kier alpha value is -2.03. The van der Waals surface area contributed by atoms with Crippen LogP contribution in [-0.2, 0) is 4.79 Å². The van der Waals surface area contributed by atoms with Crippen LogP contribution in [0.15, 0.2) is 48.6 Å². The Kier molecular flexibility index (Phi) is 4.16. The molecule has 0 fully saturated rings. The molecule has 1 aromatic carbocycles. The second-order valence-corrected chi connectivity index (χ2v) is 2.92. The van der Waals surface area contributed by atoms with E-state index in [2.05, 4.69) is 5.32 Å². The van der Waals surface area contributed by atoms with Crippen molar-refractivity contribution in [3.63, 3.8) is 0 Å². The van der Waals surface area contributed by atoms with Gasteiger partial charge in [-0.15, -0.1) is 0 Å². The van der Waals surface area contributed by atoms with Crippen molar-refractivity contribution in [3.05, 3.63) is 48.6 Å². The van der Waals surface area contributed by atoms with Crippen LogP contribution in [0.25, 0.3) is 0 Å². The van der Waals surface area contributed by atoms with Crippen molar-refractivity contribution in [2.75, 3.05) is 5.32 Å². The van der Waals surface area contributed by atoms with Gasteiger partial charge in [-0.05, 0) is 31.2 Å². The number of hydrogen-bond acceptors (Lipinski definition) is 2.